The monoisotopic (exact) mass is 743 g/mol. The van der Waals surface area contributed by atoms with E-state index in [4.69, 9.17) is 33.2 Å². The smallest absolute Gasteiger partial charge is 0.303 e. The van der Waals surface area contributed by atoms with E-state index in [-0.39, 0.29) is 29.6 Å². The number of carbonyl (C=O) groups excluding carboxylic acids is 4. The highest BCUT2D eigenvalue weighted by molar-refractivity contribution is 5.73. The Kier molecular flexibility index (Phi) is 10.6. The maximum Gasteiger partial charge on any atom is 0.303 e. The third kappa shape index (κ3) is 6.97. The molecule has 296 valence electrons. The number of carbonyl (C=O) groups is 4. The molecule has 0 bridgehead atoms. The molecule has 3 saturated carbocycles. The molecule has 3 heterocycles. The molecule has 0 radical (unpaired) electrons. The van der Waals surface area contributed by atoms with E-state index < -0.39 is 60.2 Å². The predicted molar refractivity (Wildman–Crippen MR) is 191 cm³/mol. The van der Waals surface area contributed by atoms with Gasteiger partial charge in [-0.3, -0.25) is 19.2 Å². The fourth-order valence-corrected chi connectivity index (χ4v) is 12.4. The van der Waals surface area contributed by atoms with Gasteiger partial charge in [-0.05, 0) is 91.8 Å². The Morgan fingerprint density at radius 2 is 1.64 bits per heavy atom. The lowest BCUT2D eigenvalue weighted by Gasteiger charge is -2.58. The topological polar surface area (TPSA) is 145 Å². The lowest BCUT2D eigenvalue weighted by atomic mass is 9.47. The first-order valence-corrected chi connectivity index (χ1v) is 20.1. The summed E-state index contributed by atoms with van der Waals surface area (Å²) in [5, 5.41) is 2.83. The van der Waals surface area contributed by atoms with Crippen LogP contribution in [-0.2, 0) is 52.3 Å². The van der Waals surface area contributed by atoms with Crippen molar-refractivity contribution in [2.45, 2.75) is 162 Å². The molecule has 1 N–H and O–H groups in total. The lowest BCUT2D eigenvalue weighted by Crippen LogP contribution is -2.67. The SMILES string of the molecule is CC(=O)N[C@H]1[C@H](O[C@H]2CC[C@@]3(C)C(=CC[C@H]4[C@@H]5C[C@@H]6O[C@]7(CC[C@@H](C)CO7)[C@@H](C)[C@@H]6[C@@]5(C)CC[C@@H]43)C2)O[C@H](COC(C)=O)[C@@H](OC(C)=O)[C@@H]1OC(C)=O. The molecule has 7 rings (SSSR count). The van der Waals surface area contributed by atoms with Gasteiger partial charge in [0.15, 0.2) is 24.3 Å². The van der Waals surface area contributed by atoms with Crippen LogP contribution >= 0.6 is 0 Å². The van der Waals surface area contributed by atoms with Crippen LogP contribution < -0.4 is 5.32 Å². The predicted octanol–water partition coefficient (Wildman–Crippen LogP) is 5.39. The van der Waals surface area contributed by atoms with Gasteiger partial charge in [-0.15, -0.1) is 0 Å². The van der Waals surface area contributed by atoms with Crippen molar-refractivity contribution >= 4 is 23.8 Å². The molecule has 4 aliphatic carbocycles. The summed E-state index contributed by atoms with van der Waals surface area (Å²) in [6.07, 6.45) is 7.40. The molecule has 3 aliphatic heterocycles. The number of esters is 3. The zero-order valence-corrected chi connectivity index (χ0v) is 32.9. The fraction of sp³-hybridized carbons (Fsp3) is 0.854. The van der Waals surface area contributed by atoms with Crippen LogP contribution in [0.2, 0.25) is 0 Å². The molecule has 1 amide bonds. The lowest BCUT2D eigenvalue weighted by molar-refractivity contribution is -0.289. The van der Waals surface area contributed by atoms with Crippen molar-refractivity contribution in [3.63, 3.8) is 0 Å². The molecule has 12 heteroatoms. The molecule has 0 aromatic rings. The minimum atomic E-state index is -1.15. The van der Waals surface area contributed by atoms with E-state index in [1.807, 2.05) is 0 Å². The number of fused-ring (bicyclic) bond motifs is 7. The second kappa shape index (κ2) is 14.5. The summed E-state index contributed by atoms with van der Waals surface area (Å²) < 4.78 is 43.1. The Hall–Kier alpha value is -2.54. The summed E-state index contributed by atoms with van der Waals surface area (Å²) in [5.74, 6) is 0.721. The molecule has 0 unspecified atom stereocenters. The van der Waals surface area contributed by atoms with E-state index in [0.717, 1.165) is 45.1 Å². The molecule has 16 atom stereocenters. The zero-order chi connectivity index (χ0) is 38.0. The number of hydrogen-bond acceptors (Lipinski definition) is 11. The van der Waals surface area contributed by atoms with Crippen molar-refractivity contribution in [2.75, 3.05) is 13.2 Å². The van der Waals surface area contributed by atoms with E-state index in [1.165, 1.54) is 52.5 Å². The quantitative estimate of drug-likeness (QED) is 0.204. The van der Waals surface area contributed by atoms with Crippen molar-refractivity contribution < 1.29 is 52.3 Å². The van der Waals surface area contributed by atoms with Gasteiger partial charge in [0.25, 0.3) is 0 Å². The summed E-state index contributed by atoms with van der Waals surface area (Å²) in [6, 6.07) is -0.976. The molecule has 6 fully saturated rings. The average Bonchev–Trinajstić information content (AvgIpc) is 3.53. The van der Waals surface area contributed by atoms with Crippen LogP contribution in [0.15, 0.2) is 11.6 Å². The Balaban J connectivity index is 1.08. The van der Waals surface area contributed by atoms with E-state index in [0.29, 0.717) is 35.5 Å². The number of rotatable bonds is 7. The van der Waals surface area contributed by atoms with E-state index >= 15 is 0 Å². The third-order valence-corrected chi connectivity index (χ3v) is 14.7. The first-order chi connectivity index (χ1) is 25.0. The summed E-state index contributed by atoms with van der Waals surface area (Å²) in [7, 11) is 0. The van der Waals surface area contributed by atoms with Crippen LogP contribution in [0.3, 0.4) is 0 Å². The largest absolute Gasteiger partial charge is 0.463 e. The summed E-state index contributed by atoms with van der Waals surface area (Å²) >= 11 is 0. The van der Waals surface area contributed by atoms with Crippen LogP contribution in [0.25, 0.3) is 0 Å². The second-order valence-electron chi connectivity index (χ2n) is 18.0. The normalized spacial score (nSPS) is 47.2. The molecular weight excluding hydrogens is 682 g/mol. The summed E-state index contributed by atoms with van der Waals surface area (Å²) in [6.45, 7) is 15.3. The molecule has 12 nitrogen and oxygen atoms in total. The van der Waals surface area contributed by atoms with Crippen molar-refractivity contribution in [1.82, 2.24) is 5.32 Å². The molecule has 0 aromatic carbocycles. The molecule has 1 spiro atoms. The van der Waals surface area contributed by atoms with Gasteiger partial charge >= 0.3 is 17.9 Å². The fourth-order valence-electron chi connectivity index (χ4n) is 12.4. The van der Waals surface area contributed by atoms with Crippen molar-refractivity contribution in [3.05, 3.63) is 11.6 Å². The van der Waals surface area contributed by atoms with Crippen LogP contribution in [-0.4, -0.2) is 85.7 Å². The highest BCUT2D eigenvalue weighted by Gasteiger charge is 2.68. The summed E-state index contributed by atoms with van der Waals surface area (Å²) in [4.78, 5) is 48.8. The third-order valence-electron chi connectivity index (χ3n) is 14.7. The molecule has 0 aromatic heterocycles. The van der Waals surface area contributed by atoms with Gasteiger partial charge in [-0.2, -0.15) is 0 Å². The Morgan fingerprint density at radius 3 is 2.30 bits per heavy atom. The van der Waals surface area contributed by atoms with Gasteiger partial charge in [0.05, 0.1) is 18.8 Å². The van der Waals surface area contributed by atoms with Crippen molar-refractivity contribution in [2.24, 2.45) is 46.3 Å². The summed E-state index contributed by atoms with van der Waals surface area (Å²) in [5.41, 5.74) is 1.72. The van der Waals surface area contributed by atoms with E-state index in [1.54, 1.807) is 0 Å². The maximum absolute atomic E-state index is 12.5. The van der Waals surface area contributed by atoms with E-state index in [9.17, 15) is 19.2 Å². The molecule has 3 saturated heterocycles. The van der Waals surface area contributed by atoms with Crippen LogP contribution in [0.5, 0.6) is 0 Å². The van der Waals surface area contributed by atoms with Gasteiger partial charge in [0.2, 0.25) is 5.91 Å². The highest BCUT2D eigenvalue weighted by Crippen LogP contribution is 2.70. The first-order valence-electron chi connectivity index (χ1n) is 20.1. The minimum absolute atomic E-state index is 0.0567. The minimum Gasteiger partial charge on any atom is -0.463 e. The number of ether oxygens (including phenoxy) is 7. The number of allylic oxidation sites excluding steroid dienone is 1. The van der Waals surface area contributed by atoms with Gasteiger partial charge < -0.3 is 38.5 Å². The highest BCUT2D eigenvalue weighted by atomic mass is 16.7. The van der Waals surface area contributed by atoms with Crippen LogP contribution in [0, 0.1) is 46.3 Å². The Labute approximate surface area is 314 Å². The number of nitrogens with one attached hydrogen (secondary N) is 1. The van der Waals surface area contributed by atoms with Crippen LogP contribution in [0.1, 0.15) is 113 Å². The Morgan fingerprint density at radius 1 is 0.906 bits per heavy atom. The van der Waals surface area contributed by atoms with Gasteiger partial charge in [-0.1, -0.05) is 39.3 Å². The molecule has 53 heavy (non-hydrogen) atoms. The molecular formula is C41H61NO11. The zero-order valence-electron chi connectivity index (χ0n) is 32.9. The maximum atomic E-state index is 12.5. The molecule has 7 aliphatic rings. The average molecular weight is 744 g/mol. The van der Waals surface area contributed by atoms with Gasteiger partial charge in [0, 0.05) is 40.0 Å². The standard InChI is InChI=1S/C41H61NO11/c1-21-11-16-41(48-19-21)22(2)34-32(53-41)18-31-29-10-9-27-17-28(12-14-39(27,7)30(29)13-15-40(31,34)8)51-38-35(42-23(3)43)37(50-26(6)46)36(49-25(5)45)33(52-38)20-47-24(4)44/h9,21-22,28-38H,10-20H2,1-8H3,(H,42,43)/t21-,22+,28+,29-,30+,31+,32+,33-,34+,35-,36-,37-,38-,39+,40+,41-/m1/s1. The first kappa shape index (κ1) is 38.7. The van der Waals surface area contributed by atoms with E-state index in [2.05, 4.69) is 39.1 Å². The number of hydrogen-bond donors (Lipinski definition) is 1. The second-order valence-corrected chi connectivity index (χ2v) is 18.0. The number of amides is 1. The van der Waals surface area contributed by atoms with Crippen molar-refractivity contribution in [1.29, 1.82) is 0 Å². The van der Waals surface area contributed by atoms with Gasteiger partial charge in [0.1, 0.15) is 18.8 Å². The van der Waals surface area contributed by atoms with Gasteiger partial charge in [-0.25, -0.2) is 0 Å². The Bertz CT molecular complexity index is 1470. The van der Waals surface area contributed by atoms with Crippen LogP contribution in [0.4, 0.5) is 0 Å². The van der Waals surface area contributed by atoms with Crippen molar-refractivity contribution in [3.8, 4) is 0 Å².